The van der Waals surface area contributed by atoms with Crippen molar-refractivity contribution in [2.45, 2.75) is 85.0 Å². The Bertz CT molecular complexity index is 1290. The fourth-order valence-corrected chi connectivity index (χ4v) is 8.50. The highest BCUT2D eigenvalue weighted by Gasteiger charge is 2.53. The predicted molar refractivity (Wildman–Crippen MR) is 147 cm³/mol. The lowest BCUT2D eigenvalue weighted by molar-refractivity contribution is -0.228. The van der Waals surface area contributed by atoms with Gasteiger partial charge in [0.05, 0.1) is 10.9 Å². The molecule has 5 nitrogen and oxygen atoms in total. The van der Waals surface area contributed by atoms with E-state index in [4.69, 9.17) is 0 Å². The molecule has 12 heteroatoms. The lowest BCUT2D eigenvalue weighted by Crippen LogP contribution is -2.62. The minimum atomic E-state index is -5.05. The van der Waals surface area contributed by atoms with Gasteiger partial charge in [-0.05, 0) is 62.4 Å². The highest BCUT2D eigenvalue weighted by atomic mass is 32.2. The van der Waals surface area contributed by atoms with Gasteiger partial charge in [0.2, 0.25) is 15.7 Å². The quantitative estimate of drug-likeness (QED) is 0.327. The Morgan fingerprint density at radius 3 is 2.17 bits per heavy atom. The molecule has 0 aliphatic carbocycles. The van der Waals surface area contributed by atoms with Crippen LogP contribution < -0.4 is 4.90 Å². The number of sulfonamides is 1. The molecule has 4 atom stereocenters. The number of thiol groups is 1. The van der Waals surface area contributed by atoms with E-state index < -0.39 is 33.6 Å². The Hall–Kier alpha value is -1.89. The van der Waals surface area contributed by atoms with Gasteiger partial charge in [-0.1, -0.05) is 30.7 Å². The average Bonchev–Trinajstić information content (AvgIpc) is 2.89. The first-order chi connectivity index (χ1) is 18.8. The van der Waals surface area contributed by atoms with Crippen LogP contribution in [0.4, 0.5) is 27.6 Å². The van der Waals surface area contributed by atoms with Crippen molar-refractivity contribution in [2.24, 2.45) is 0 Å². The summed E-state index contributed by atoms with van der Waals surface area (Å²) < 4.78 is 97.5. The number of hydrogen-bond donors (Lipinski definition) is 1. The van der Waals surface area contributed by atoms with E-state index in [0.29, 0.717) is 43.4 Å². The van der Waals surface area contributed by atoms with Crippen molar-refractivity contribution in [1.29, 1.82) is 0 Å². The van der Waals surface area contributed by atoms with E-state index in [-0.39, 0.29) is 36.1 Å². The summed E-state index contributed by atoms with van der Waals surface area (Å²) in [5, 5.41) is 0. The van der Waals surface area contributed by atoms with Crippen molar-refractivity contribution in [3.05, 3.63) is 54.1 Å². The Morgan fingerprint density at radius 1 is 0.950 bits per heavy atom. The Morgan fingerprint density at radius 2 is 1.57 bits per heavy atom. The van der Waals surface area contributed by atoms with Gasteiger partial charge in [0.1, 0.15) is 6.17 Å². The molecule has 220 valence electrons. The third-order valence-electron chi connectivity index (χ3n) is 8.69. The maximum atomic E-state index is 14.6. The molecule has 0 spiro atoms. The van der Waals surface area contributed by atoms with Crippen LogP contribution in [0.15, 0.2) is 58.3 Å². The highest BCUT2D eigenvalue weighted by Crippen LogP contribution is 2.43. The van der Waals surface area contributed by atoms with E-state index in [1.165, 1.54) is 22.5 Å². The number of fused-ring (bicyclic) bond motifs is 2. The molecule has 2 aromatic rings. The topological polar surface area (TPSA) is 43.9 Å². The number of hydrogen-bond acceptors (Lipinski definition) is 5. The summed E-state index contributed by atoms with van der Waals surface area (Å²) in [7, 11) is -3.86. The zero-order valence-electron chi connectivity index (χ0n) is 22.2. The molecule has 3 heterocycles. The zero-order valence-corrected chi connectivity index (χ0v) is 23.9. The molecule has 3 saturated heterocycles. The fourth-order valence-electron chi connectivity index (χ4n) is 6.44. The summed E-state index contributed by atoms with van der Waals surface area (Å²) in [6.45, 7) is 1.58. The monoisotopic (exact) mass is 603 g/mol. The van der Waals surface area contributed by atoms with Crippen molar-refractivity contribution in [3.63, 3.8) is 0 Å². The molecule has 0 saturated carbocycles. The first-order valence-corrected chi connectivity index (χ1v) is 15.5. The Labute approximate surface area is 237 Å². The molecule has 0 amide bonds. The lowest BCUT2D eigenvalue weighted by Gasteiger charge is -2.51. The van der Waals surface area contributed by atoms with Crippen molar-refractivity contribution in [1.82, 2.24) is 9.21 Å². The van der Waals surface area contributed by atoms with Crippen molar-refractivity contribution < 1.29 is 30.4 Å². The van der Waals surface area contributed by atoms with E-state index in [1.54, 1.807) is 18.2 Å². The van der Waals surface area contributed by atoms with Gasteiger partial charge in [-0.2, -0.15) is 17.5 Å². The van der Waals surface area contributed by atoms with Crippen LogP contribution in [-0.2, 0) is 15.7 Å². The molecule has 2 bridgehead atoms. The van der Waals surface area contributed by atoms with Gasteiger partial charge >= 0.3 is 6.18 Å². The first kappa shape index (κ1) is 29.6. The van der Waals surface area contributed by atoms with Crippen LogP contribution >= 0.6 is 12.6 Å². The molecule has 3 unspecified atom stereocenters. The van der Waals surface area contributed by atoms with Gasteiger partial charge in [-0.25, -0.2) is 17.2 Å². The van der Waals surface area contributed by atoms with Crippen LogP contribution in [0.2, 0.25) is 0 Å². The molecule has 3 fully saturated rings. The zero-order chi connectivity index (χ0) is 28.9. The summed E-state index contributed by atoms with van der Waals surface area (Å²) >= 11 is 4.35. The molecule has 40 heavy (non-hydrogen) atoms. The third kappa shape index (κ3) is 5.61. The SMILES string of the molecule is CC(F)(c1ccc(N2CCN(S(=O)(=O)c3ccccc3S)C[C@@H]2CN2C3CCCC2CC(F)C3)cc1)C(F)(F)F. The summed E-state index contributed by atoms with van der Waals surface area (Å²) in [5.74, 6) is 0. The Kier molecular flexibility index (Phi) is 8.19. The number of rotatable bonds is 6. The van der Waals surface area contributed by atoms with Gasteiger partial charge in [0, 0.05) is 48.8 Å². The summed E-state index contributed by atoms with van der Waals surface area (Å²) in [6.07, 6.45) is -2.25. The molecular formula is C28H34F5N3O2S2. The van der Waals surface area contributed by atoms with Crippen molar-refractivity contribution >= 4 is 28.3 Å². The number of piperidine rings is 2. The molecular weight excluding hydrogens is 569 g/mol. The number of alkyl halides is 5. The Balaban J connectivity index is 1.45. The van der Waals surface area contributed by atoms with Gasteiger partial charge in [0.15, 0.2) is 0 Å². The fraction of sp³-hybridized carbons (Fsp3) is 0.571. The highest BCUT2D eigenvalue weighted by molar-refractivity contribution is 7.90. The molecule has 5 rings (SSSR count). The molecule has 3 aliphatic heterocycles. The van der Waals surface area contributed by atoms with E-state index in [0.717, 1.165) is 31.4 Å². The minimum Gasteiger partial charge on any atom is -0.365 e. The number of halogens is 5. The van der Waals surface area contributed by atoms with E-state index in [1.807, 2.05) is 4.90 Å². The van der Waals surface area contributed by atoms with E-state index in [2.05, 4.69) is 17.5 Å². The normalized spacial score (nSPS) is 28.3. The number of benzene rings is 2. The lowest BCUT2D eigenvalue weighted by atomic mass is 9.83. The maximum Gasteiger partial charge on any atom is 0.426 e. The standard InChI is InChI=1S/C28H34F5N3O2S2/c1-27(30,28(31,32)33)19-9-11-21(12-10-19)35-14-13-34(40(37,38)26-8-3-2-7-25(26)39)17-24(35)18-36-22-5-4-6-23(36)16-20(29)15-22/h2-3,7-12,20,22-24,39H,4-6,13-18H2,1H3/t20?,22?,23?,24-,27?/m1/s1. The van der Waals surface area contributed by atoms with Gasteiger partial charge < -0.3 is 4.90 Å². The van der Waals surface area contributed by atoms with Gasteiger partial charge in [-0.15, -0.1) is 12.6 Å². The van der Waals surface area contributed by atoms with Crippen LogP contribution in [0.3, 0.4) is 0 Å². The van der Waals surface area contributed by atoms with Crippen LogP contribution in [0.1, 0.15) is 44.6 Å². The van der Waals surface area contributed by atoms with Gasteiger partial charge in [0.25, 0.3) is 0 Å². The minimum absolute atomic E-state index is 0.0657. The van der Waals surface area contributed by atoms with Gasteiger partial charge in [-0.3, -0.25) is 4.90 Å². The van der Waals surface area contributed by atoms with Crippen molar-refractivity contribution in [3.8, 4) is 0 Å². The molecule has 2 aromatic carbocycles. The smallest absolute Gasteiger partial charge is 0.365 e. The van der Waals surface area contributed by atoms with Crippen LogP contribution in [-0.4, -0.2) is 74.3 Å². The summed E-state index contributed by atoms with van der Waals surface area (Å²) in [5.41, 5.74) is -3.40. The number of piperazine rings is 1. The molecule has 3 aliphatic rings. The van der Waals surface area contributed by atoms with Crippen molar-refractivity contribution in [2.75, 3.05) is 31.1 Å². The number of nitrogens with zero attached hydrogens (tertiary/aromatic N) is 3. The largest absolute Gasteiger partial charge is 0.426 e. The van der Waals surface area contributed by atoms with Crippen LogP contribution in [0.5, 0.6) is 0 Å². The summed E-state index contributed by atoms with van der Waals surface area (Å²) in [4.78, 5) is 4.74. The second-order valence-corrected chi connectivity index (χ2v) is 13.6. The van der Waals surface area contributed by atoms with Crippen LogP contribution in [0.25, 0.3) is 0 Å². The summed E-state index contributed by atoms with van der Waals surface area (Å²) in [6, 6.07) is 11.5. The molecule has 0 N–H and O–H groups in total. The second-order valence-electron chi connectivity index (χ2n) is 11.2. The van der Waals surface area contributed by atoms with E-state index >= 15 is 0 Å². The molecule has 0 radical (unpaired) electrons. The number of anilines is 1. The van der Waals surface area contributed by atoms with E-state index in [9.17, 15) is 30.4 Å². The third-order valence-corrected chi connectivity index (χ3v) is 11.2. The first-order valence-electron chi connectivity index (χ1n) is 13.6. The molecule has 0 aromatic heterocycles. The predicted octanol–water partition coefficient (Wildman–Crippen LogP) is 5.96. The second kappa shape index (κ2) is 11.1. The average molecular weight is 604 g/mol. The maximum absolute atomic E-state index is 14.6. The van der Waals surface area contributed by atoms with Crippen LogP contribution in [0, 0.1) is 0 Å².